The van der Waals surface area contributed by atoms with Gasteiger partial charge < -0.3 is 9.47 Å². The first-order valence-corrected chi connectivity index (χ1v) is 11.8. The number of aliphatic imine (C=N–C) groups is 1. The summed E-state index contributed by atoms with van der Waals surface area (Å²) >= 11 is 0. The zero-order valence-corrected chi connectivity index (χ0v) is 19.7. The van der Waals surface area contributed by atoms with Crippen LogP contribution in [0.4, 0.5) is 5.69 Å². The van der Waals surface area contributed by atoms with E-state index in [1.54, 1.807) is 42.6 Å². The van der Waals surface area contributed by atoms with E-state index in [4.69, 9.17) is 15.9 Å². The molecule has 0 bridgehead atoms. The van der Waals surface area contributed by atoms with E-state index >= 15 is 0 Å². The van der Waals surface area contributed by atoms with Crippen LogP contribution in [-0.2, 0) is 0 Å². The van der Waals surface area contributed by atoms with Gasteiger partial charge in [-0.25, -0.2) is 4.79 Å². The highest BCUT2D eigenvalue weighted by molar-refractivity contribution is 5.91. The molecule has 0 aromatic heterocycles. The van der Waals surface area contributed by atoms with Gasteiger partial charge in [0, 0.05) is 11.8 Å². The summed E-state index contributed by atoms with van der Waals surface area (Å²) in [5, 5.41) is 0. The van der Waals surface area contributed by atoms with E-state index in [-0.39, 0.29) is 0 Å². The predicted molar refractivity (Wildman–Crippen MR) is 138 cm³/mol. The van der Waals surface area contributed by atoms with Crippen LogP contribution < -0.4 is 9.47 Å². The molecule has 34 heavy (non-hydrogen) atoms. The lowest BCUT2D eigenvalue weighted by Gasteiger charge is -2.08. The fraction of sp³-hybridized carbons (Fsp3) is 0.267. The summed E-state index contributed by atoms with van der Waals surface area (Å²) in [5.74, 6) is 3.41. The van der Waals surface area contributed by atoms with Gasteiger partial charge in [0.25, 0.3) is 0 Å². The lowest BCUT2D eigenvalue weighted by atomic mass is 10.1. The summed E-state index contributed by atoms with van der Waals surface area (Å²) in [6.45, 7) is 2.92. The second-order valence-corrected chi connectivity index (χ2v) is 8.05. The van der Waals surface area contributed by atoms with Crippen LogP contribution in [0.3, 0.4) is 0 Å². The van der Waals surface area contributed by atoms with Crippen LogP contribution in [-0.4, -0.2) is 18.8 Å². The highest BCUT2D eigenvalue weighted by Crippen LogP contribution is 2.20. The minimum absolute atomic E-state index is 0.410. The zero-order valence-electron chi connectivity index (χ0n) is 19.7. The Hall–Kier alpha value is -3.84. The van der Waals surface area contributed by atoms with Crippen LogP contribution in [0.2, 0.25) is 0 Å². The van der Waals surface area contributed by atoms with Gasteiger partial charge in [-0.1, -0.05) is 57.1 Å². The van der Waals surface area contributed by atoms with Gasteiger partial charge in [0.2, 0.25) is 0 Å². The van der Waals surface area contributed by atoms with Crippen molar-refractivity contribution in [3.8, 4) is 23.8 Å². The summed E-state index contributed by atoms with van der Waals surface area (Å²) in [5.41, 5.74) is 3.02. The highest BCUT2D eigenvalue weighted by Gasteiger charge is 2.09. The van der Waals surface area contributed by atoms with Crippen molar-refractivity contribution in [2.24, 2.45) is 4.99 Å². The molecule has 0 aliphatic carbocycles. The summed E-state index contributed by atoms with van der Waals surface area (Å²) in [4.78, 5) is 16.9. The Morgan fingerprint density at radius 1 is 0.853 bits per heavy atom. The van der Waals surface area contributed by atoms with Crippen LogP contribution in [0.15, 0.2) is 77.8 Å². The molecule has 0 saturated heterocycles. The lowest BCUT2D eigenvalue weighted by molar-refractivity contribution is 0.0734. The fourth-order valence-electron chi connectivity index (χ4n) is 3.34. The van der Waals surface area contributed by atoms with Gasteiger partial charge in [0.05, 0.1) is 17.9 Å². The van der Waals surface area contributed by atoms with Crippen molar-refractivity contribution in [2.45, 2.75) is 45.4 Å². The number of hydrogen-bond acceptors (Lipinski definition) is 4. The van der Waals surface area contributed by atoms with E-state index in [2.05, 4.69) is 17.8 Å². The van der Waals surface area contributed by atoms with Crippen LogP contribution >= 0.6 is 0 Å². The molecule has 0 aliphatic rings. The second-order valence-electron chi connectivity index (χ2n) is 8.05. The molecule has 0 fully saturated rings. The Kier molecular flexibility index (Phi) is 9.95. The van der Waals surface area contributed by atoms with Gasteiger partial charge in [-0.3, -0.25) is 4.99 Å². The number of benzene rings is 3. The quantitative estimate of drug-likeness (QED) is 0.0945. The monoisotopic (exact) mass is 453 g/mol. The SMILES string of the molecule is C#Cc1ccc(C=Nc2ccc(OC(=O)c3ccc(OCCCCCCCC)cc3)cc2)cc1. The summed E-state index contributed by atoms with van der Waals surface area (Å²) < 4.78 is 11.2. The normalized spacial score (nSPS) is 10.7. The van der Waals surface area contributed by atoms with Crippen molar-refractivity contribution in [1.82, 2.24) is 0 Å². The van der Waals surface area contributed by atoms with E-state index in [0.29, 0.717) is 17.9 Å². The third-order valence-corrected chi connectivity index (χ3v) is 5.34. The molecule has 0 amide bonds. The first kappa shape index (κ1) is 24.8. The maximum Gasteiger partial charge on any atom is 0.343 e. The summed E-state index contributed by atoms with van der Waals surface area (Å²) in [6, 6.07) is 21.7. The molecule has 3 aromatic carbocycles. The molecule has 0 N–H and O–H groups in total. The van der Waals surface area contributed by atoms with Gasteiger partial charge in [0.1, 0.15) is 11.5 Å². The van der Waals surface area contributed by atoms with Gasteiger partial charge in [-0.2, -0.15) is 0 Å². The van der Waals surface area contributed by atoms with Crippen LogP contribution in [0, 0.1) is 12.3 Å². The van der Waals surface area contributed by atoms with E-state index in [0.717, 1.165) is 29.0 Å². The molecule has 174 valence electrons. The molecule has 3 rings (SSSR count). The molecule has 0 spiro atoms. The standard InChI is InChI=1S/C30H31NO3/c1-3-5-6-7-8-9-22-33-28-18-14-26(15-19-28)30(32)34-29-20-16-27(17-21-29)31-23-25-12-10-24(4-2)11-13-25/h2,10-21,23H,3,5-9,22H2,1H3. The molecule has 4 nitrogen and oxygen atoms in total. The number of nitrogens with zero attached hydrogens (tertiary/aromatic N) is 1. The average Bonchev–Trinajstić information content (AvgIpc) is 2.88. The molecule has 4 heteroatoms. The Labute approximate surface area is 202 Å². The zero-order chi connectivity index (χ0) is 24.0. The van der Waals surface area contributed by atoms with Gasteiger partial charge in [-0.15, -0.1) is 6.42 Å². The molecule has 0 heterocycles. The minimum atomic E-state index is -0.410. The first-order chi connectivity index (χ1) is 16.7. The van der Waals surface area contributed by atoms with E-state index in [9.17, 15) is 4.79 Å². The number of rotatable bonds is 12. The highest BCUT2D eigenvalue weighted by atomic mass is 16.5. The van der Waals surface area contributed by atoms with Crippen molar-refractivity contribution in [3.05, 3.63) is 89.5 Å². The smallest absolute Gasteiger partial charge is 0.343 e. The molecule has 0 unspecified atom stereocenters. The minimum Gasteiger partial charge on any atom is -0.494 e. The third-order valence-electron chi connectivity index (χ3n) is 5.34. The molecular formula is C30H31NO3. The van der Waals surface area contributed by atoms with Crippen molar-refractivity contribution in [1.29, 1.82) is 0 Å². The van der Waals surface area contributed by atoms with E-state index in [1.165, 1.54) is 32.1 Å². The predicted octanol–water partition coefficient (Wildman–Crippen LogP) is 7.38. The van der Waals surface area contributed by atoms with Gasteiger partial charge in [0.15, 0.2) is 0 Å². The van der Waals surface area contributed by atoms with Gasteiger partial charge in [-0.05, 0) is 72.6 Å². The number of ether oxygens (including phenoxy) is 2. The molecular weight excluding hydrogens is 422 g/mol. The number of carbonyl (C=O) groups is 1. The van der Waals surface area contributed by atoms with Crippen molar-refractivity contribution < 1.29 is 14.3 Å². The first-order valence-electron chi connectivity index (χ1n) is 11.8. The molecule has 0 radical (unpaired) electrons. The van der Waals surface area contributed by atoms with Crippen LogP contribution in [0.5, 0.6) is 11.5 Å². The maximum atomic E-state index is 12.5. The molecule has 3 aromatic rings. The summed E-state index contributed by atoms with van der Waals surface area (Å²) in [7, 11) is 0. The Morgan fingerprint density at radius 3 is 2.18 bits per heavy atom. The lowest BCUT2D eigenvalue weighted by Crippen LogP contribution is -2.08. The number of hydrogen-bond donors (Lipinski definition) is 0. The molecule has 0 atom stereocenters. The van der Waals surface area contributed by atoms with E-state index in [1.807, 2.05) is 36.4 Å². The number of esters is 1. The number of unbranched alkanes of at least 4 members (excludes halogenated alkanes) is 5. The van der Waals surface area contributed by atoms with Crippen molar-refractivity contribution >= 4 is 17.9 Å². The summed E-state index contributed by atoms with van der Waals surface area (Å²) in [6.07, 6.45) is 14.5. The van der Waals surface area contributed by atoms with E-state index < -0.39 is 5.97 Å². The topological polar surface area (TPSA) is 47.9 Å². The second kappa shape index (κ2) is 13.6. The fourth-order valence-corrected chi connectivity index (χ4v) is 3.34. The van der Waals surface area contributed by atoms with Crippen molar-refractivity contribution in [2.75, 3.05) is 6.61 Å². The molecule has 0 saturated carbocycles. The van der Waals surface area contributed by atoms with Crippen molar-refractivity contribution in [3.63, 3.8) is 0 Å². The average molecular weight is 454 g/mol. The third kappa shape index (κ3) is 8.26. The van der Waals surface area contributed by atoms with Crippen LogP contribution in [0.1, 0.15) is 66.9 Å². The number of terminal acetylenes is 1. The Morgan fingerprint density at radius 2 is 1.50 bits per heavy atom. The maximum absolute atomic E-state index is 12.5. The molecule has 0 aliphatic heterocycles. The number of carbonyl (C=O) groups excluding carboxylic acids is 1. The largest absolute Gasteiger partial charge is 0.494 e. The Balaban J connectivity index is 1.44. The van der Waals surface area contributed by atoms with Crippen LogP contribution in [0.25, 0.3) is 0 Å². The Bertz CT molecular complexity index is 1090. The van der Waals surface area contributed by atoms with Gasteiger partial charge >= 0.3 is 5.97 Å².